The average Bonchev–Trinajstić information content (AvgIpc) is 2.83. The summed E-state index contributed by atoms with van der Waals surface area (Å²) in [6, 6.07) is 5.09. The number of rotatable bonds is 5. The Morgan fingerprint density at radius 1 is 1.19 bits per heavy atom. The Morgan fingerprint density at radius 3 is 2.62 bits per heavy atom. The second-order valence-electron chi connectivity index (χ2n) is 6.56. The Bertz CT molecular complexity index is 655. The van der Waals surface area contributed by atoms with Crippen molar-refractivity contribution in [1.29, 1.82) is 0 Å². The molecule has 1 aliphatic heterocycles. The molecule has 1 aliphatic rings. The predicted molar refractivity (Wildman–Crippen MR) is 103 cm³/mol. The number of benzene rings is 1. The number of carbonyl (C=O) groups excluding carboxylic acids is 2. The molecule has 1 saturated heterocycles. The summed E-state index contributed by atoms with van der Waals surface area (Å²) >= 11 is 12.1. The second-order valence-corrected chi connectivity index (χ2v) is 7.34. The topological polar surface area (TPSA) is 53.1 Å². The zero-order chi connectivity index (χ0) is 19.3. The monoisotopic (exact) mass is 401 g/mol. The molecule has 0 aromatic heterocycles. The van der Waals surface area contributed by atoms with Crippen molar-refractivity contribution in [2.24, 2.45) is 0 Å². The zero-order valence-electron chi connectivity index (χ0n) is 15.4. The fourth-order valence-electron chi connectivity index (χ4n) is 2.76. The number of nitrogens with zero attached hydrogens (tertiary/aromatic N) is 3. The van der Waals surface area contributed by atoms with Gasteiger partial charge in [-0.15, -0.1) is 0 Å². The van der Waals surface area contributed by atoms with Crippen LogP contribution in [0, 0.1) is 0 Å². The number of hydrogen-bond acceptors (Lipinski definition) is 4. The van der Waals surface area contributed by atoms with Gasteiger partial charge in [0.15, 0.2) is 6.10 Å². The molecule has 0 N–H and O–H groups in total. The zero-order valence-corrected chi connectivity index (χ0v) is 16.9. The van der Waals surface area contributed by atoms with Crippen molar-refractivity contribution in [2.75, 3.05) is 46.8 Å². The average molecular weight is 402 g/mol. The molecular weight excluding hydrogens is 377 g/mol. The van der Waals surface area contributed by atoms with Crippen molar-refractivity contribution in [3.8, 4) is 5.75 Å². The summed E-state index contributed by atoms with van der Waals surface area (Å²) in [7, 11) is 3.49. The van der Waals surface area contributed by atoms with Crippen molar-refractivity contribution < 1.29 is 14.3 Å². The van der Waals surface area contributed by atoms with Crippen LogP contribution in [0.3, 0.4) is 0 Å². The first-order valence-electron chi connectivity index (χ1n) is 8.61. The highest BCUT2D eigenvalue weighted by atomic mass is 35.5. The van der Waals surface area contributed by atoms with Crippen molar-refractivity contribution in [1.82, 2.24) is 14.7 Å². The number of hydrogen-bond donors (Lipinski definition) is 0. The lowest BCUT2D eigenvalue weighted by Gasteiger charge is -2.25. The van der Waals surface area contributed by atoms with Gasteiger partial charge in [0.2, 0.25) is 5.91 Å². The van der Waals surface area contributed by atoms with Crippen LogP contribution in [-0.2, 0) is 9.59 Å². The fraction of sp³-hybridized carbons (Fsp3) is 0.556. The minimum Gasteiger partial charge on any atom is -0.479 e. The molecule has 2 rings (SSSR count). The van der Waals surface area contributed by atoms with Crippen LogP contribution in [0.5, 0.6) is 5.75 Å². The molecule has 0 bridgehead atoms. The van der Waals surface area contributed by atoms with Gasteiger partial charge in [0.05, 0.1) is 11.6 Å². The number of ether oxygens (including phenoxy) is 1. The van der Waals surface area contributed by atoms with E-state index >= 15 is 0 Å². The van der Waals surface area contributed by atoms with Gasteiger partial charge in [-0.1, -0.05) is 29.3 Å². The van der Waals surface area contributed by atoms with Crippen molar-refractivity contribution in [3.63, 3.8) is 0 Å². The van der Waals surface area contributed by atoms with E-state index < -0.39 is 6.10 Å². The van der Waals surface area contributed by atoms with E-state index in [2.05, 4.69) is 4.90 Å². The smallest absolute Gasteiger partial charge is 0.263 e. The second kappa shape index (κ2) is 9.44. The Labute approximate surface area is 164 Å². The lowest BCUT2D eigenvalue weighted by Crippen LogP contribution is -2.43. The standard InChI is InChI=1S/C18H25Cl2N3O3/c1-13(26-15-7-4-6-14(19)17(15)20)18(25)23-9-5-8-22(10-11-23)12-16(24)21(2)3/h4,6-7,13H,5,8-12H2,1-3H3. The Morgan fingerprint density at radius 2 is 1.92 bits per heavy atom. The predicted octanol–water partition coefficient (Wildman–Crippen LogP) is 2.38. The molecule has 0 radical (unpaired) electrons. The summed E-state index contributed by atoms with van der Waals surface area (Å²) in [6.45, 7) is 4.74. The van der Waals surface area contributed by atoms with Gasteiger partial charge >= 0.3 is 0 Å². The van der Waals surface area contributed by atoms with Crippen LogP contribution in [0.15, 0.2) is 18.2 Å². The molecule has 1 unspecified atom stereocenters. The van der Waals surface area contributed by atoms with E-state index in [1.807, 2.05) is 0 Å². The minimum absolute atomic E-state index is 0.0667. The largest absolute Gasteiger partial charge is 0.479 e. The molecule has 1 heterocycles. The number of carbonyl (C=O) groups is 2. The van der Waals surface area contributed by atoms with Crippen molar-refractivity contribution in [2.45, 2.75) is 19.4 Å². The molecule has 0 spiro atoms. The quantitative estimate of drug-likeness (QED) is 0.759. The molecule has 2 amide bonds. The Hall–Kier alpha value is -1.50. The Kier molecular flexibility index (Phi) is 7.55. The first kappa shape index (κ1) is 20.8. The van der Waals surface area contributed by atoms with Gasteiger partial charge in [0.25, 0.3) is 5.91 Å². The third-order valence-electron chi connectivity index (χ3n) is 4.33. The Balaban J connectivity index is 1.92. The molecule has 1 atom stereocenters. The fourth-order valence-corrected chi connectivity index (χ4v) is 3.09. The van der Waals surface area contributed by atoms with Gasteiger partial charge in [0, 0.05) is 40.3 Å². The highest BCUT2D eigenvalue weighted by Gasteiger charge is 2.26. The summed E-state index contributed by atoms with van der Waals surface area (Å²) in [5.74, 6) is 0.368. The summed E-state index contributed by atoms with van der Waals surface area (Å²) in [6.07, 6.45) is 0.151. The maximum Gasteiger partial charge on any atom is 0.263 e. The summed E-state index contributed by atoms with van der Waals surface area (Å²) in [5.41, 5.74) is 0. The number of likely N-dealkylation sites (N-methyl/N-ethyl adjacent to an activating group) is 1. The molecular formula is C18H25Cl2N3O3. The highest BCUT2D eigenvalue weighted by molar-refractivity contribution is 6.42. The highest BCUT2D eigenvalue weighted by Crippen LogP contribution is 2.32. The van der Waals surface area contributed by atoms with Crippen molar-refractivity contribution in [3.05, 3.63) is 28.2 Å². The van der Waals surface area contributed by atoms with Gasteiger partial charge in [-0.2, -0.15) is 0 Å². The maximum absolute atomic E-state index is 12.7. The maximum atomic E-state index is 12.7. The number of amides is 2. The van der Waals surface area contributed by atoms with Crippen LogP contribution in [0.2, 0.25) is 10.0 Å². The molecule has 1 aromatic carbocycles. The van der Waals surface area contributed by atoms with Crippen LogP contribution in [0.1, 0.15) is 13.3 Å². The normalized spacial score (nSPS) is 16.7. The van der Waals surface area contributed by atoms with Crippen LogP contribution in [0.25, 0.3) is 0 Å². The molecule has 144 valence electrons. The first-order chi connectivity index (χ1) is 12.3. The third kappa shape index (κ3) is 5.50. The van der Waals surface area contributed by atoms with Gasteiger partial charge < -0.3 is 14.5 Å². The SMILES string of the molecule is CC(Oc1cccc(Cl)c1Cl)C(=O)N1CCCN(CC(=O)N(C)C)CC1. The van der Waals surface area contributed by atoms with Crippen LogP contribution >= 0.6 is 23.2 Å². The van der Waals surface area contributed by atoms with E-state index in [-0.39, 0.29) is 11.8 Å². The van der Waals surface area contributed by atoms with Crippen LogP contribution in [0.4, 0.5) is 0 Å². The van der Waals surface area contributed by atoms with Gasteiger partial charge in [-0.25, -0.2) is 0 Å². The molecule has 8 heteroatoms. The summed E-state index contributed by atoms with van der Waals surface area (Å²) in [5, 5.41) is 0.692. The van der Waals surface area contributed by atoms with Crippen LogP contribution in [-0.4, -0.2) is 79.4 Å². The first-order valence-corrected chi connectivity index (χ1v) is 9.37. The van der Waals surface area contributed by atoms with E-state index in [0.29, 0.717) is 42.0 Å². The lowest BCUT2D eigenvalue weighted by atomic mass is 10.3. The molecule has 1 fully saturated rings. The molecule has 26 heavy (non-hydrogen) atoms. The molecule has 1 aromatic rings. The third-order valence-corrected chi connectivity index (χ3v) is 5.13. The molecule has 6 nitrogen and oxygen atoms in total. The molecule has 0 aliphatic carbocycles. The summed E-state index contributed by atoms with van der Waals surface area (Å²) < 4.78 is 5.72. The van der Waals surface area contributed by atoms with Gasteiger partial charge in [0.1, 0.15) is 10.8 Å². The van der Waals surface area contributed by atoms with E-state index in [9.17, 15) is 9.59 Å². The van der Waals surface area contributed by atoms with E-state index in [0.717, 1.165) is 13.0 Å². The van der Waals surface area contributed by atoms with E-state index in [4.69, 9.17) is 27.9 Å². The van der Waals surface area contributed by atoms with E-state index in [1.54, 1.807) is 49.0 Å². The molecule has 0 saturated carbocycles. The van der Waals surface area contributed by atoms with Crippen LogP contribution < -0.4 is 4.74 Å². The summed E-state index contributed by atoms with van der Waals surface area (Å²) in [4.78, 5) is 30.0. The van der Waals surface area contributed by atoms with Crippen molar-refractivity contribution >= 4 is 35.0 Å². The van der Waals surface area contributed by atoms with E-state index in [1.165, 1.54) is 0 Å². The number of halogens is 2. The minimum atomic E-state index is -0.666. The lowest BCUT2D eigenvalue weighted by molar-refractivity contribution is -0.137. The van der Waals surface area contributed by atoms with Gasteiger partial charge in [-0.3, -0.25) is 14.5 Å². The van der Waals surface area contributed by atoms with Gasteiger partial charge in [-0.05, 0) is 25.5 Å².